The van der Waals surface area contributed by atoms with Crippen molar-refractivity contribution >= 4 is 85.6 Å². The Morgan fingerprint density at radius 3 is 1.31 bits per heavy atom. The lowest BCUT2D eigenvalue weighted by molar-refractivity contribution is -0.162. The van der Waals surface area contributed by atoms with E-state index >= 15 is 0 Å². The fourth-order valence-corrected chi connectivity index (χ4v) is 10.7. The smallest absolute Gasteiger partial charge is 0.374 e. The van der Waals surface area contributed by atoms with Gasteiger partial charge in [-0.15, -0.1) is 0 Å². The maximum atomic E-state index is 14.9. The Balaban J connectivity index is 0.000000189. The predicted octanol–water partition coefficient (Wildman–Crippen LogP) is 11.6. The molecule has 0 bridgehead atoms. The molecule has 18 nitrogen and oxygen atoms in total. The van der Waals surface area contributed by atoms with Gasteiger partial charge in [0.05, 0.1) is 65.0 Å². The van der Waals surface area contributed by atoms with Crippen molar-refractivity contribution in [3.05, 3.63) is 219 Å². The first-order valence-electron chi connectivity index (χ1n) is 29.2. The molecule has 5 heterocycles. The number of amides is 5. The van der Waals surface area contributed by atoms with Crippen LogP contribution in [0.25, 0.3) is 33.2 Å². The number of carbonyl (C=O) groups excluding carboxylic acids is 5. The number of alkyl halides is 6. The normalized spacial score (nSPS) is 18.0. The van der Waals surface area contributed by atoms with Gasteiger partial charge in [-0.25, -0.2) is 49.3 Å². The third kappa shape index (κ3) is 19.4. The Morgan fingerprint density at radius 2 is 0.889 bits per heavy atom. The number of halogens is 15. The summed E-state index contributed by atoms with van der Waals surface area (Å²) in [5.74, 6) is -23.0. The van der Waals surface area contributed by atoms with E-state index in [2.05, 4.69) is 60.5 Å². The highest BCUT2D eigenvalue weighted by atomic mass is 127. The number of carbonyl (C=O) groups is 6. The molecule has 0 aliphatic carbocycles. The Labute approximate surface area is 566 Å². The van der Waals surface area contributed by atoms with Gasteiger partial charge in [-0.2, -0.15) is 36.5 Å². The topological polar surface area (TPSA) is 262 Å². The number of nitrogens with two attached hydrogens (primary N) is 2. The van der Waals surface area contributed by atoms with Gasteiger partial charge in [0, 0.05) is 101 Å². The summed E-state index contributed by atoms with van der Waals surface area (Å²) in [6.07, 6.45) is 2.87. The molecule has 3 aliphatic rings. The Hall–Kier alpha value is -10.0. The average molecular weight is 1510 g/mol. The van der Waals surface area contributed by atoms with Gasteiger partial charge in [0.25, 0.3) is 11.8 Å². The van der Waals surface area contributed by atoms with Crippen LogP contribution in [0, 0.1) is 50.1 Å². The largest absolute Gasteiger partial charge is 0.477 e. The summed E-state index contributed by atoms with van der Waals surface area (Å²) in [5, 5.41) is 26.9. The van der Waals surface area contributed by atoms with Crippen LogP contribution in [0.15, 0.2) is 152 Å². The average Bonchev–Trinajstić information content (AvgIpc) is 1.63. The van der Waals surface area contributed by atoms with E-state index in [9.17, 15) is 90.2 Å². The van der Waals surface area contributed by atoms with Crippen molar-refractivity contribution in [1.82, 2.24) is 40.8 Å². The third-order valence-electron chi connectivity index (χ3n) is 14.8. The number of fused-ring (bicyclic) bond motifs is 2. The van der Waals surface area contributed by atoms with E-state index < -0.39 is 124 Å². The second kappa shape index (κ2) is 32.1. The zero-order valence-corrected chi connectivity index (χ0v) is 54.1. The number of anilines is 1. The molecule has 3 fully saturated rings. The van der Waals surface area contributed by atoms with Crippen LogP contribution < -0.4 is 37.6 Å². The van der Waals surface area contributed by atoms with E-state index in [0.29, 0.717) is 55.2 Å². The molecule has 7 aromatic carbocycles. The van der Waals surface area contributed by atoms with E-state index in [1.165, 1.54) is 52.0 Å². The van der Waals surface area contributed by atoms with Gasteiger partial charge in [-0.3, -0.25) is 24.0 Å². The summed E-state index contributed by atoms with van der Waals surface area (Å²) in [4.78, 5) is 69.3. The first-order valence-corrected chi connectivity index (χ1v) is 30.3. The zero-order chi connectivity index (χ0) is 73.2. The molecule has 5 amide bonds. The molecule has 9 aromatic rings. The van der Waals surface area contributed by atoms with Gasteiger partial charge in [-0.05, 0) is 133 Å². The van der Waals surface area contributed by atoms with Gasteiger partial charge in [0.2, 0.25) is 17.7 Å². The van der Waals surface area contributed by atoms with Crippen LogP contribution in [-0.2, 0) is 28.8 Å². The van der Waals surface area contributed by atoms with Gasteiger partial charge in [0.15, 0.2) is 0 Å². The molecule has 3 aliphatic heterocycles. The molecule has 9 N–H and O–H groups in total. The first kappa shape index (κ1) is 76.3. The molecule has 6 atom stereocenters. The molecule has 99 heavy (non-hydrogen) atoms. The maximum Gasteiger partial charge on any atom is 0.374 e. The minimum atomic E-state index is -3.73. The molecule has 12 rings (SSSR count). The molecule has 0 radical (unpaired) electrons. The van der Waals surface area contributed by atoms with E-state index in [4.69, 9.17) is 10.8 Å². The highest BCUT2D eigenvalue weighted by Crippen LogP contribution is 2.41. The molecule has 2 aromatic heterocycles. The molecular formula is C66H58F14IN11O7. The Kier molecular flexibility index (Phi) is 24.8. The second-order valence-electron chi connectivity index (χ2n) is 22.2. The van der Waals surface area contributed by atoms with Gasteiger partial charge in [0.1, 0.15) is 46.5 Å². The number of aliphatic carboxylic acids is 1. The predicted molar refractivity (Wildman–Crippen MR) is 341 cm³/mol. The molecule has 0 unspecified atom stereocenters. The van der Waals surface area contributed by atoms with Crippen molar-refractivity contribution in [3.63, 3.8) is 0 Å². The van der Waals surface area contributed by atoms with Crippen molar-refractivity contribution < 1.29 is 95.3 Å². The summed E-state index contributed by atoms with van der Waals surface area (Å²) in [6, 6.07) is 26.1. The Morgan fingerprint density at radius 1 is 0.505 bits per heavy atom. The maximum absolute atomic E-state index is 14.9. The third-order valence-corrected chi connectivity index (χ3v) is 15.5. The number of benzene rings is 7. The van der Waals surface area contributed by atoms with E-state index in [-0.39, 0.29) is 47.7 Å². The lowest BCUT2D eigenvalue weighted by atomic mass is 9.98. The highest BCUT2D eigenvalue weighted by Gasteiger charge is 2.47. The number of carboxylic acids is 1. The molecule has 0 saturated carbocycles. The minimum Gasteiger partial charge on any atom is -0.477 e. The van der Waals surface area contributed by atoms with Crippen molar-refractivity contribution in [2.75, 3.05) is 11.9 Å². The summed E-state index contributed by atoms with van der Waals surface area (Å²) < 4.78 is 187. The lowest BCUT2D eigenvalue weighted by Gasteiger charge is -2.30. The number of carboxylic acid groups (broad SMARTS) is 1. The van der Waals surface area contributed by atoms with Crippen LogP contribution in [0.5, 0.6) is 0 Å². The number of nitrogens with zero attached hydrogens (tertiary/aromatic N) is 5. The van der Waals surface area contributed by atoms with E-state index in [1.54, 1.807) is 47.1 Å². The highest BCUT2D eigenvalue weighted by molar-refractivity contribution is 14.1. The van der Waals surface area contributed by atoms with Gasteiger partial charge < -0.3 is 42.7 Å². The SMILES string of the molecule is CC(F)(F)C(=O)N[C@H]1CC(=O)N(c2ccc3c(cnn3-c3ccc(F)cc3)c2)[C@@H]1c1ccc(F)cc1F.CC(F)(F)C(=O)N[C@H]1CC(=O)N[C@@H]1c1ccc(F)cc1F.CC(F)(F)C(=O)O.CN.Fc1ccc(-n2ncc3cc(I)ccc32)cc1.N[C@H]1CC(=O)N[C@@H]1c1ccc(F)cc1F. The van der Waals surface area contributed by atoms with Gasteiger partial charge >= 0.3 is 23.7 Å². The lowest BCUT2D eigenvalue weighted by Crippen LogP contribution is -2.46. The number of hydrogen-bond acceptors (Lipinski definition) is 10. The molecular weight excluding hydrogens is 1450 g/mol. The van der Waals surface area contributed by atoms with Crippen LogP contribution in [-0.4, -0.2) is 103 Å². The fourth-order valence-electron chi connectivity index (χ4n) is 10.2. The molecule has 3 saturated heterocycles. The number of hydrogen-bond donors (Lipinski definition) is 7. The van der Waals surface area contributed by atoms with Crippen molar-refractivity contribution in [3.8, 4) is 11.4 Å². The van der Waals surface area contributed by atoms with Crippen LogP contribution in [0.2, 0.25) is 0 Å². The first-order chi connectivity index (χ1) is 46.5. The molecule has 33 heteroatoms. The van der Waals surface area contributed by atoms with Crippen molar-refractivity contribution in [2.24, 2.45) is 11.5 Å². The summed E-state index contributed by atoms with van der Waals surface area (Å²) in [5.41, 5.74) is 13.6. The van der Waals surface area contributed by atoms with Crippen LogP contribution in [0.1, 0.15) is 74.8 Å². The summed E-state index contributed by atoms with van der Waals surface area (Å²) in [7, 11) is 1.50. The van der Waals surface area contributed by atoms with E-state index in [1.807, 2.05) is 28.3 Å². The van der Waals surface area contributed by atoms with Crippen LogP contribution in [0.3, 0.4) is 0 Å². The van der Waals surface area contributed by atoms with Crippen LogP contribution in [0.4, 0.5) is 67.2 Å². The van der Waals surface area contributed by atoms with Crippen molar-refractivity contribution in [2.45, 2.75) is 94.1 Å². The number of rotatable bonds is 11. The van der Waals surface area contributed by atoms with Crippen LogP contribution >= 0.6 is 22.6 Å². The second-order valence-corrected chi connectivity index (χ2v) is 23.5. The standard InChI is InChI=1S/C26H19F5N4O2.C13H12F4N2O2.C13H8FIN2.C10H10F2N2O.C3H4F2O2.CH5N/c1-26(30,31)25(37)33-21-12-23(36)34(24(21)19-8-4-16(28)11-20(19)29)18-7-9-22-14(10-18)13-32-35(22)17-5-2-15(27)3-6-17;1-13(16,17)12(21)18-9-5-10(20)19-11(9)7-3-2-6(14)4-8(7)15;14-10-1-4-12(5-2-10)17-13-6-3-11(15)7-9(13)8-16-17;11-5-1-2-6(7(12)3-5)10-8(13)4-9(15)14-10;1-3(4,5)2(6)7;1-2/h2-11,13,21,24H,12H2,1H3,(H,33,37);2-4,9,11H,5H2,1H3,(H,18,21)(H,19,20);1-8H;1-3,8,10H,4,13H2,(H,14,15);1H3,(H,6,7);2H2,1H3/t21-,24+;9-,11+;;8-,10+;;/m00.0../s1. The Bertz CT molecular complexity index is 4420. The summed E-state index contributed by atoms with van der Waals surface area (Å²) in [6.45, 7) is 1.16. The minimum absolute atomic E-state index is 0.0769. The molecule has 0 spiro atoms. The zero-order valence-electron chi connectivity index (χ0n) is 52.0. The molecule has 524 valence electrons. The van der Waals surface area contributed by atoms with Gasteiger partial charge in [-0.1, -0.05) is 18.2 Å². The number of aromatic nitrogens is 4. The quantitative estimate of drug-likeness (QED) is 0.0473. The van der Waals surface area contributed by atoms with Crippen molar-refractivity contribution in [1.29, 1.82) is 0 Å². The monoisotopic (exact) mass is 1510 g/mol. The van der Waals surface area contributed by atoms with E-state index in [0.717, 1.165) is 53.0 Å². The fraction of sp³-hybridized carbons (Fsp3) is 0.242. The number of nitrogens with one attached hydrogen (secondary N) is 4. The summed E-state index contributed by atoms with van der Waals surface area (Å²) >= 11 is 2.27.